The van der Waals surface area contributed by atoms with Crippen LogP contribution in [0, 0.1) is 17.2 Å². The van der Waals surface area contributed by atoms with E-state index in [1.165, 1.54) is 20.3 Å². The third-order valence-corrected chi connectivity index (χ3v) is 6.15. The Labute approximate surface area is 220 Å². The third-order valence-electron chi connectivity index (χ3n) is 6.15. The summed E-state index contributed by atoms with van der Waals surface area (Å²) in [6.07, 6.45) is 3.71. The molecule has 0 saturated heterocycles. The summed E-state index contributed by atoms with van der Waals surface area (Å²) < 4.78 is 10.4. The number of methoxy groups -OCH3 is 2. The molecular formula is C29H26N4O5. The molecule has 38 heavy (non-hydrogen) atoms. The number of ether oxygens (including phenoxy) is 2. The van der Waals surface area contributed by atoms with Gasteiger partial charge < -0.3 is 20.1 Å². The van der Waals surface area contributed by atoms with E-state index in [1.807, 2.05) is 6.07 Å². The fraction of sp³-hybridized carbons (Fsp3) is 0.207. The second-order valence-electron chi connectivity index (χ2n) is 8.72. The van der Waals surface area contributed by atoms with E-state index in [0.717, 1.165) is 12.8 Å². The molecule has 1 aliphatic carbocycles. The highest BCUT2D eigenvalue weighted by Crippen LogP contribution is 2.34. The molecule has 2 amide bonds. The van der Waals surface area contributed by atoms with Crippen LogP contribution in [0.15, 0.2) is 55.1 Å². The fourth-order valence-corrected chi connectivity index (χ4v) is 3.87. The lowest BCUT2D eigenvalue weighted by molar-refractivity contribution is 0.0594. The SMILES string of the molecule is C=Cc1cc(C(=O)Nc2ccc(C#N)cc2)c(-c2ccc(C(=O)NCC3CC3)nc2C(=O)OC)cc1OC. The van der Waals surface area contributed by atoms with Crippen LogP contribution in [0.25, 0.3) is 17.2 Å². The van der Waals surface area contributed by atoms with Crippen molar-refractivity contribution in [2.75, 3.05) is 26.1 Å². The van der Waals surface area contributed by atoms with Crippen LogP contribution >= 0.6 is 0 Å². The van der Waals surface area contributed by atoms with Crippen LogP contribution in [0.5, 0.6) is 5.75 Å². The molecule has 4 rings (SSSR count). The molecule has 0 unspecified atom stereocenters. The maximum atomic E-state index is 13.5. The predicted molar refractivity (Wildman–Crippen MR) is 142 cm³/mol. The number of amides is 2. The molecule has 1 aromatic heterocycles. The molecule has 0 bridgehead atoms. The maximum absolute atomic E-state index is 13.5. The second kappa shape index (κ2) is 11.4. The average molecular weight is 511 g/mol. The Hall–Kier alpha value is -4.97. The smallest absolute Gasteiger partial charge is 0.357 e. The first-order valence-corrected chi connectivity index (χ1v) is 11.9. The molecule has 0 atom stereocenters. The van der Waals surface area contributed by atoms with Crippen molar-refractivity contribution in [3.63, 3.8) is 0 Å². The number of nitrogens with zero attached hydrogens (tertiary/aromatic N) is 2. The molecule has 9 nitrogen and oxygen atoms in total. The van der Waals surface area contributed by atoms with E-state index in [-0.39, 0.29) is 22.5 Å². The number of hydrogen-bond donors (Lipinski definition) is 2. The Morgan fingerprint density at radius 1 is 1.08 bits per heavy atom. The average Bonchev–Trinajstić information content (AvgIpc) is 3.79. The molecule has 1 fully saturated rings. The zero-order valence-corrected chi connectivity index (χ0v) is 21.0. The Morgan fingerprint density at radius 2 is 1.82 bits per heavy atom. The van der Waals surface area contributed by atoms with E-state index in [2.05, 4.69) is 22.2 Å². The van der Waals surface area contributed by atoms with E-state index < -0.39 is 17.8 Å². The molecule has 1 aliphatic rings. The van der Waals surface area contributed by atoms with Gasteiger partial charge in [0.15, 0.2) is 5.69 Å². The van der Waals surface area contributed by atoms with Gasteiger partial charge in [-0.05, 0) is 67.3 Å². The van der Waals surface area contributed by atoms with Crippen LogP contribution in [-0.4, -0.2) is 43.5 Å². The van der Waals surface area contributed by atoms with Gasteiger partial charge in [0.25, 0.3) is 11.8 Å². The molecule has 3 aromatic rings. The third kappa shape index (κ3) is 5.71. The summed E-state index contributed by atoms with van der Waals surface area (Å²) >= 11 is 0. The molecular weight excluding hydrogens is 484 g/mol. The van der Waals surface area contributed by atoms with Gasteiger partial charge in [0.1, 0.15) is 11.4 Å². The molecule has 0 aliphatic heterocycles. The van der Waals surface area contributed by atoms with Gasteiger partial charge in [-0.2, -0.15) is 5.26 Å². The standard InChI is InChI=1S/C29H26N4O5/c1-4-19-13-23(27(34)32-20-9-7-17(15-30)8-10-20)22(14-25(19)37-2)21-11-12-24(33-26(21)29(36)38-3)28(35)31-16-18-5-6-18/h4,7-14,18H,1,5-6,16H2,2-3H3,(H,31,35)(H,32,34). The van der Waals surface area contributed by atoms with Crippen LogP contribution in [0.4, 0.5) is 5.69 Å². The summed E-state index contributed by atoms with van der Waals surface area (Å²) in [5.41, 5.74) is 2.28. The lowest BCUT2D eigenvalue weighted by Gasteiger charge is -2.17. The van der Waals surface area contributed by atoms with Gasteiger partial charge in [0.05, 0.1) is 25.9 Å². The number of rotatable bonds is 9. The maximum Gasteiger partial charge on any atom is 0.357 e. The molecule has 192 valence electrons. The number of nitriles is 1. The number of carbonyl (C=O) groups excluding carboxylic acids is 3. The molecule has 1 heterocycles. The Kier molecular flexibility index (Phi) is 7.83. The number of benzene rings is 2. The zero-order valence-electron chi connectivity index (χ0n) is 21.0. The summed E-state index contributed by atoms with van der Waals surface area (Å²) in [4.78, 5) is 43.2. The van der Waals surface area contributed by atoms with E-state index >= 15 is 0 Å². The monoisotopic (exact) mass is 510 g/mol. The number of hydrogen-bond acceptors (Lipinski definition) is 7. The highest BCUT2D eigenvalue weighted by Gasteiger charge is 2.26. The van der Waals surface area contributed by atoms with E-state index in [9.17, 15) is 14.4 Å². The van der Waals surface area contributed by atoms with Crippen molar-refractivity contribution in [3.8, 4) is 22.9 Å². The summed E-state index contributed by atoms with van der Waals surface area (Å²) in [6, 6.07) is 14.7. The summed E-state index contributed by atoms with van der Waals surface area (Å²) in [6.45, 7) is 4.35. The first-order chi connectivity index (χ1) is 18.4. The number of nitrogens with one attached hydrogen (secondary N) is 2. The van der Waals surface area contributed by atoms with Gasteiger partial charge >= 0.3 is 5.97 Å². The van der Waals surface area contributed by atoms with Crippen molar-refractivity contribution in [3.05, 3.63) is 83.2 Å². The first kappa shape index (κ1) is 26.1. The fourth-order valence-electron chi connectivity index (χ4n) is 3.87. The number of esters is 1. The van der Waals surface area contributed by atoms with Gasteiger partial charge in [-0.1, -0.05) is 12.7 Å². The van der Waals surface area contributed by atoms with Gasteiger partial charge in [0, 0.05) is 34.5 Å². The van der Waals surface area contributed by atoms with Gasteiger partial charge in [-0.3, -0.25) is 9.59 Å². The van der Waals surface area contributed by atoms with Crippen molar-refractivity contribution in [2.24, 2.45) is 5.92 Å². The van der Waals surface area contributed by atoms with E-state index in [4.69, 9.17) is 14.7 Å². The van der Waals surface area contributed by atoms with E-state index in [0.29, 0.717) is 40.6 Å². The van der Waals surface area contributed by atoms with Gasteiger partial charge in [0.2, 0.25) is 0 Å². The summed E-state index contributed by atoms with van der Waals surface area (Å²) in [5, 5.41) is 14.7. The highest BCUT2D eigenvalue weighted by atomic mass is 16.5. The summed E-state index contributed by atoms with van der Waals surface area (Å²) in [5.74, 6) is -0.732. The second-order valence-corrected chi connectivity index (χ2v) is 8.72. The minimum absolute atomic E-state index is 0.0630. The van der Waals surface area contributed by atoms with E-state index in [1.54, 1.807) is 48.5 Å². The van der Waals surface area contributed by atoms with Crippen molar-refractivity contribution in [1.82, 2.24) is 10.3 Å². The molecule has 1 saturated carbocycles. The number of pyridine rings is 1. The Morgan fingerprint density at radius 3 is 2.42 bits per heavy atom. The van der Waals surface area contributed by atoms with Crippen LogP contribution in [0.2, 0.25) is 0 Å². The lowest BCUT2D eigenvalue weighted by Crippen LogP contribution is -2.27. The molecule has 0 spiro atoms. The quantitative estimate of drug-likeness (QED) is 0.407. The zero-order chi connectivity index (χ0) is 27.2. The van der Waals surface area contributed by atoms with Crippen LogP contribution in [0.3, 0.4) is 0 Å². The van der Waals surface area contributed by atoms with Crippen LogP contribution < -0.4 is 15.4 Å². The largest absolute Gasteiger partial charge is 0.496 e. The number of aromatic nitrogens is 1. The molecule has 0 radical (unpaired) electrons. The van der Waals surface area contributed by atoms with Crippen molar-refractivity contribution >= 4 is 29.5 Å². The molecule has 2 N–H and O–H groups in total. The summed E-state index contributed by atoms with van der Waals surface area (Å²) in [7, 11) is 2.70. The minimum Gasteiger partial charge on any atom is -0.496 e. The van der Waals surface area contributed by atoms with Crippen LogP contribution in [0.1, 0.15) is 55.3 Å². The van der Waals surface area contributed by atoms with Gasteiger partial charge in [-0.15, -0.1) is 0 Å². The first-order valence-electron chi connectivity index (χ1n) is 11.9. The lowest BCUT2D eigenvalue weighted by atomic mass is 9.94. The van der Waals surface area contributed by atoms with Crippen LogP contribution in [-0.2, 0) is 4.74 Å². The number of carbonyl (C=O) groups is 3. The normalized spacial score (nSPS) is 12.1. The van der Waals surface area contributed by atoms with Gasteiger partial charge in [-0.25, -0.2) is 9.78 Å². The van der Waals surface area contributed by atoms with Crippen molar-refractivity contribution in [1.29, 1.82) is 5.26 Å². The molecule has 9 heteroatoms. The highest BCUT2D eigenvalue weighted by molar-refractivity contribution is 6.11. The Bertz CT molecular complexity index is 1450. The number of anilines is 1. The van der Waals surface area contributed by atoms with Crippen molar-refractivity contribution < 1.29 is 23.9 Å². The predicted octanol–water partition coefficient (Wildman–Crippen LogP) is 4.45. The molecule has 2 aromatic carbocycles. The topological polar surface area (TPSA) is 130 Å². The van der Waals surface area contributed by atoms with Crippen molar-refractivity contribution in [2.45, 2.75) is 12.8 Å². The minimum atomic E-state index is -0.762. The Balaban J connectivity index is 1.79.